The van der Waals surface area contributed by atoms with Crippen molar-refractivity contribution < 1.29 is 19.5 Å². The molecule has 7 nitrogen and oxygen atoms in total. The number of hydrogen-bond donors (Lipinski definition) is 4. The van der Waals surface area contributed by atoms with Crippen LogP contribution in [0.15, 0.2) is 0 Å². The van der Waals surface area contributed by atoms with Gasteiger partial charge in [-0.2, -0.15) is 0 Å². The zero-order valence-electron chi connectivity index (χ0n) is 13.0. The molecule has 0 spiro atoms. The molecule has 1 fully saturated rings. The van der Waals surface area contributed by atoms with Gasteiger partial charge in [-0.25, -0.2) is 0 Å². The topological polar surface area (TPSA) is 108 Å². The molecule has 0 aromatic heterocycles. The second-order valence-corrected chi connectivity index (χ2v) is 5.98. The first-order valence-electron chi connectivity index (χ1n) is 7.23. The lowest BCUT2D eigenvalue weighted by Gasteiger charge is -2.29. The SMILES string of the molecule is CNC(=O)[C@@H]1C[C@H](C(=O)O)N[C@H]1[C@H](CC(C)C)NC(C)=O. The van der Waals surface area contributed by atoms with Crippen molar-refractivity contribution in [2.24, 2.45) is 11.8 Å². The van der Waals surface area contributed by atoms with E-state index >= 15 is 0 Å². The number of carbonyl (C=O) groups excluding carboxylic acids is 2. The van der Waals surface area contributed by atoms with Crippen molar-refractivity contribution in [1.82, 2.24) is 16.0 Å². The molecule has 4 N–H and O–H groups in total. The molecule has 2 amide bonds. The molecular formula is C14H25N3O4. The van der Waals surface area contributed by atoms with Crippen LogP contribution < -0.4 is 16.0 Å². The molecule has 1 saturated heterocycles. The zero-order valence-corrected chi connectivity index (χ0v) is 13.0. The van der Waals surface area contributed by atoms with Gasteiger partial charge in [-0.05, 0) is 18.8 Å². The Labute approximate surface area is 124 Å². The van der Waals surface area contributed by atoms with Gasteiger partial charge in [0.05, 0.1) is 5.92 Å². The second kappa shape index (κ2) is 7.40. The molecule has 21 heavy (non-hydrogen) atoms. The summed E-state index contributed by atoms with van der Waals surface area (Å²) in [4.78, 5) is 34.6. The van der Waals surface area contributed by atoms with Gasteiger partial charge in [0.25, 0.3) is 0 Å². The quantitative estimate of drug-likeness (QED) is 0.539. The Hall–Kier alpha value is -1.63. The van der Waals surface area contributed by atoms with Crippen molar-refractivity contribution in [2.75, 3.05) is 7.05 Å². The highest BCUT2D eigenvalue weighted by molar-refractivity contribution is 5.83. The minimum Gasteiger partial charge on any atom is -0.480 e. The molecule has 0 saturated carbocycles. The van der Waals surface area contributed by atoms with Crippen LogP contribution in [0.1, 0.15) is 33.6 Å². The largest absolute Gasteiger partial charge is 0.480 e. The number of carboxylic acids is 1. The summed E-state index contributed by atoms with van der Waals surface area (Å²) >= 11 is 0. The maximum Gasteiger partial charge on any atom is 0.320 e. The number of nitrogens with one attached hydrogen (secondary N) is 3. The van der Waals surface area contributed by atoms with Crippen LogP contribution in [0, 0.1) is 11.8 Å². The van der Waals surface area contributed by atoms with Crippen molar-refractivity contribution in [3.63, 3.8) is 0 Å². The van der Waals surface area contributed by atoms with Crippen molar-refractivity contribution in [3.05, 3.63) is 0 Å². The first kappa shape index (κ1) is 17.4. The van der Waals surface area contributed by atoms with Crippen molar-refractivity contribution >= 4 is 17.8 Å². The summed E-state index contributed by atoms with van der Waals surface area (Å²) in [7, 11) is 1.53. The third kappa shape index (κ3) is 4.70. The van der Waals surface area contributed by atoms with Gasteiger partial charge in [0.2, 0.25) is 11.8 Å². The Balaban J connectivity index is 2.96. The fourth-order valence-electron chi connectivity index (χ4n) is 2.91. The number of carbonyl (C=O) groups is 3. The zero-order chi connectivity index (χ0) is 16.2. The molecule has 0 aliphatic carbocycles. The van der Waals surface area contributed by atoms with Crippen molar-refractivity contribution in [2.45, 2.75) is 51.7 Å². The molecule has 1 heterocycles. The summed E-state index contributed by atoms with van der Waals surface area (Å²) in [6.45, 7) is 5.46. The Bertz CT molecular complexity index is 411. The van der Waals surface area contributed by atoms with Crippen molar-refractivity contribution in [1.29, 1.82) is 0 Å². The number of hydrogen-bond acceptors (Lipinski definition) is 4. The lowest BCUT2D eigenvalue weighted by Crippen LogP contribution is -2.53. The van der Waals surface area contributed by atoms with Gasteiger partial charge in [-0.15, -0.1) is 0 Å². The van der Waals surface area contributed by atoms with Crippen LogP contribution in [-0.4, -0.2) is 48.1 Å². The molecule has 120 valence electrons. The monoisotopic (exact) mass is 299 g/mol. The van der Waals surface area contributed by atoms with E-state index < -0.39 is 17.9 Å². The molecule has 0 aromatic rings. The van der Waals surface area contributed by atoms with E-state index in [1.54, 1.807) is 0 Å². The highest BCUT2D eigenvalue weighted by Crippen LogP contribution is 2.26. The number of aliphatic carboxylic acids is 1. The van der Waals surface area contributed by atoms with E-state index in [2.05, 4.69) is 16.0 Å². The van der Waals surface area contributed by atoms with E-state index in [1.165, 1.54) is 14.0 Å². The van der Waals surface area contributed by atoms with E-state index in [0.29, 0.717) is 12.3 Å². The number of carboxylic acid groups (broad SMARTS) is 1. The predicted molar refractivity (Wildman–Crippen MR) is 77.6 cm³/mol. The smallest absolute Gasteiger partial charge is 0.320 e. The average molecular weight is 299 g/mol. The van der Waals surface area contributed by atoms with Gasteiger partial charge in [-0.3, -0.25) is 19.7 Å². The number of amides is 2. The van der Waals surface area contributed by atoms with Crippen LogP contribution in [-0.2, 0) is 14.4 Å². The molecule has 0 radical (unpaired) electrons. The van der Waals surface area contributed by atoms with Gasteiger partial charge < -0.3 is 15.7 Å². The third-order valence-corrected chi connectivity index (χ3v) is 3.75. The second-order valence-electron chi connectivity index (χ2n) is 5.98. The highest BCUT2D eigenvalue weighted by atomic mass is 16.4. The summed E-state index contributed by atoms with van der Waals surface area (Å²) < 4.78 is 0. The summed E-state index contributed by atoms with van der Waals surface area (Å²) in [5.41, 5.74) is 0. The fraction of sp³-hybridized carbons (Fsp3) is 0.786. The summed E-state index contributed by atoms with van der Waals surface area (Å²) in [6.07, 6.45) is 0.908. The first-order valence-corrected chi connectivity index (χ1v) is 7.23. The average Bonchev–Trinajstić information content (AvgIpc) is 2.81. The molecule has 1 aliphatic rings. The lowest BCUT2D eigenvalue weighted by atomic mass is 9.88. The van der Waals surface area contributed by atoms with Crippen LogP contribution in [0.25, 0.3) is 0 Å². The first-order chi connectivity index (χ1) is 9.76. The molecule has 4 atom stereocenters. The van der Waals surface area contributed by atoms with Crippen LogP contribution in [0.3, 0.4) is 0 Å². The molecule has 7 heteroatoms. The Morgan fingerprint density at radius 3 is 2.38 bits per heavy atom. The lowest BCUT2D eigenvalue weighted by molar-refractivity contribution is -0.139. The molecule has 1 rings (SSSR count). The summed E-state index contributed by atoms with van der Waals surface area (Å²) in [6, 6.07) is -1.41. The van der Waals surface area contributed by atoms with Gasteiger partial charge >= 0.3 is 5.97 Å². The maximum atomic E-state index is 12.0. The summed E-state index contributed by atoms with van der Waals surface area (Å²) in [5, 5.41) is 17.6. The minimum atomic E-state index is -0.975. The standard InChI is InChI=1S/C14H25N3O4/c1-7(2)5-10(16-8(3)18)12-9(13(19)15-4)6-11(17-12)14(20)21/h7,9-12,17H,5-6H2,1-4H3,(H,15,19)(H,16,18)(H,20,21)/t9-,10+,11-,12-/m1/s1. The Kier molecular flexibility index (Phi) is 6.14. The molecule has 0 unspecified atom stereocenters. The minimum absolute atomic E-state index is 0.183. The molecule has 1 aliphatic heterocycles. The molecular weight excluding hydrogens is 274 g/mol. The maximum absolute atomic E-state index is 12.0. The normalized spacial score (nSPS) is 26.4. The number of rotatable bonds is 6. The van der Waals surface area contributed by atoms with Gasteiger partial charge in [-0.1, -0.05) is 13.8 Å². The van der Waals surface area contributed by atoms with Gasteiger partial charge in [0.15, 0.2) is 0 Å². The molecule has 0 bridgehead atoms. The van der Waals surface area contributed by atoms with E-state index in [-0.39, 0.29) is 30.3 Å². The van der Waals surface area contributed by atoms with Crippen LogP contribution in [0.4, 0.5) is 0 Å². The van der Waals surface area contributed by atoms with Crippen LogP contribution in [0.2, 0.25) is 0 Å². The Morgan fingerprint density at radius 1 is 1.33 bits per heavy atom. The fourth-order valence-corrected chi connectivity index (χ4v) is 2.91. The third-order valence-electron chi connectivity index (χ3n) is 3.75. The van der Waals surface area contributed by atoms with Crippen LogP contribution in [0.5, 0.6) is 0 Å². The predicted octanol–water partition coefficient (Wildman–Crippen LogP) is -0.285. The molecule has 0 aromatic carbocycles. The van der Waals surface area contributed by atoms with E-state index in [0.717, 1.165) is 0 Å². The van der Waals surface area contributed by atoms with E-state index in [1.807, 2.05) is 13.8 Å². The summed E-state index contributed by atoms with van der Waals surface area (Å²) in [5.74, 6) is -1.51. The van der Waals surface area contributed by atoms with Gasteiger partial charge in [0, 0.05) is 26.1 Å². The highest BCUT2D eigenvalue weighted by Gasteiger charge is 2.44. The van der Waals surface area contributed by atoms with E-state index in [4.69, 9.17) is 5.11 Å². The van der Waals surface area contributed by atoms with Crippen LogP contribution >= 0.6 is 0 Å². The van der Waals surface area contributed by atoms with Crippen molar-refractivity contribution in [3.8, 4) is 0 Å². The van der Waals surface area contributed by atoms with E-state index in [9.17, 15) is 14.4 Å². The Morgan fingerprint density at radius 2 is 1.95 bits per heavy atom. The van der Waals surface area contributed by atoms with Gasteiger partial charge in [0.1, 0.15) is 6.04 Å².